The first-order valence-corrected chi connectivity index (χ1v) is 9.25. The molecule has 5 heteroatoms. The van der Waals surface area contributed by atoms with Crippen LogP contribution in [-0.4, -0.2) is 18.0 Å². The van der Waals surface area contributed by atoms with Gasteiger partial charge in [-0.15, -0.1) is 11.3 Å². The molecule has 0 radical (unpaired) electrons. The van der Waals surface area contributed by atoms with Gasteiger partial charge in [-0.2, -0.15) is 0 Å². The Kier molecular flexibility index (Phi) is 5.09. The highest BCUT2D eigenvalue weighted by Gasteiger charge is 2.23. The molecule has 3 rings (SSSR count). The van der Waals surface area contributed by atoms with Crippen molar-refractivity contribution >= 4 is 39.0 Å². The fourth-order valence-corrected chi connectivity index (χ4v) is 3.83. The normalized spacial score (nSPS) is 12.0. The number of nitrogens with one attached hydrogen (secondary N) is 1. The Morgan fingerprint density at radius 1 is 1.08 bits per heavy atom. The number of carbonyl (C=O) groups excluding carboxylic acids is 2. The molecule has 26 heavy (non-hydrogen) atoms. The zero-order chi connectivity index (χ0) is 18.8. The van der Waals surface area contributed by atoms with Crippen molar-refractivity contribution in [1.29, 1.82) is 0 Å². The third-order valence-electron chi connectivity index (χ3n) is 4.33. The van der Waals surface area contributed by atoms with Gasteiger partial charge in [0.2, 0.25) is 0 Å². The number of thiophene rings is 1. The quantitative estimate of drug-likeness (QED) is 0.660. The summed E-state index contributed by atoms with van der Waals surface area (Å²) in [5, 5.41) is 3.87. The number of hydrogen-bond donors (Lipinski definition) is 1. The molecule has 0 aliphatic rings. The van der Waals surface area contributed by atoms with E-state index in [1.807, 2.05) is 63.2 Å². The highest BCUT2D eigenvalue weighted by atomic mass is 32.1. The van der Waals surface area contributed by atoms with Gasteiger partial charge >= 0.3 is 5.97 Å². The summed E-state index contributed by atoms with van der Waals surface area (Å²) in [6, 6.07) is 13.7. The maximum atomic E-state index is 12.5. The van der Waals surface area contributed by atoms with Crippen LogP contribution in [0.1, 0.15) is 33.3 Å². The molecule has 0 aliphatic heterocycles. The average molecular weight is 367 g/mol. The molecular formula is C21H21NO3S. The van der Waals surface area contributed by atoms with Gasteiger partial charge in [0, 0.05) is 10.4 Å². The van der Waals surface area contributed by atoms with E-state index in [4.69, 9.17) is 4.74 Å². The first kappa shape index (κ1) is 18.1. The summed E-state index contributed by atoms with van der Waals surface area (Å²) in [6.45, 7) is 7.37. The number of aryl methyl sites for hydroxylation is 3. The first-order chi connectivity index (χ1) is 12.4. The molecule has 4 nitrogen and oxygen atoms in total. The van der Waals surface area contributed by atoms with Crippen molar-refractivity contribution in [2.75, 3.05) is 5.32 Å². The average Bonchev–Trinajstić information content (AvgIpc) is 2.95. The molecule has 1 atom stereocenters. The second kappa shape index (κ2) is 7.30. The lowest BCUT2D eigenvalue weighted by Gasteiger charge is -2.15. The molecule has 0 fully saturated rings. The van der Waals surface area contributed by atoms with Gasteiger partial charge in [0.25, 0.3) is 5.91 Å². The minimum atomic E-state index is -0.882. The molecule has 0 aliphatic carbocycles. The zero-order valence-electron chi connectivity index (χ0n) is 15.3. The van der Waals surface area contributed by atoms with Crippen LogP contribution < -0.4 is 5.32 Å². The smallest absolute Gasteiger partial charge is 0.349 e. The Balaban J connectivity index is 1.73. The lowest BCUT2D eigenvalue weighted by atomic mass is 10.1. The van der Waals surface area contributed by atoms with Crippen LogP contribution in [0.2, 0.25) is 0 Å². The van der Waals surface area contributed by atoms with Crippen LogP contribution in [0.15, 0.2) is 42.5 Å². The SMILES string of the molecule is Cc1ccc(C)c(NC(=O)[C@@H](C)OC(=O)c2sc3ccccc3c2C)c1. The predicted octanol–water partition coefficient (Wildman–Crippen LogP) is 5.01. The van der Waals surface area contributed by atoms with Gasteiger partial charge in [-0.25, -0.2) is 4.79 Å². The molecule has 1 amide bonds. The monoisotopic (exact) mass is 367 g/mol. The summed E-state index contributed by atoms with van der Waals surface area (Å²) in [5.41, 5.74) is 3.63. The van der Waals surface area contributed by atoms with E-state index in [0.717, 1.165) is 32.5 Å². The lowest BCUT2D eigenvalue weighted by Crippen LogP contribution is -2.30. The van der Waals surface area contributed by atoms with Gasteiger partial charge in [-0.1, -0.05) is 30.3 Å². The number of amides is 1. The largest absolute Gasteiger partial charge is 0.448 e. The van der Waals surface area contributed by atoms with E-state index in [1.165, 1.54) is 11.3 Å². The van der Waals surface area contributed by atoms with Gasteiger partial charge in [0.1, 0.15) is 4.88 Å². The standard InChI is InChI=1S/C21H21NO3S/c1-12-9-10-13(2)17(11-12)22-20(23)15(4)25-21(24)19-14(3)16-7-5-6-8-18(16)26-19/h5-11,15H,1-4H3,(H,22,23)/t15-/m1/s1. The Morgan fingerprint density at radius 3 is 2.54 bits per heavy atom. The fraction of sp³-hybridized carbons (Fsp3) is 0.238. The van der Waals surface area contributed by atoms with Crippen molar-refractivity contribution in [3.05, 3.63) is 64.0 Å². The lowest BCUT2D eigenvalue weighted by molar-refractivity contribution is -0.123. The molecule has 134 valence electrons. The minimum Gasteiger partial charge on any atom is -0.448 e. The predicted molar refractivity (Wildman–Crippen MR) is 106 cm³/mol. The van der Waals surface area contributed by atoms with Gasteiger partial charge in [-0.3, -0.25) is 4.79 Å². The summed E-state index contributed by atoms with van der Waals surface area (Å²) in [5.74, 6) is -0.807. The van der Waals surface area contributed by atoms with Gasteiger partial charge in [-0.05, 0) is 61.9 Å². The highest BCUT2D eigenvalue weighted by Crippen LogP contribution is 2.31. The van der Waals surface area contributed by atoms with E-state index in [9.17, 15) is 9.59 Å². The van der Waals surface area contributed by atoms with Crippen LogP contribution in [0.25, 0.3) is 10.1 Å². The van der Waals surface area contributed by atoms with Crippen molar-refractivity contribution in [1.82, 2.24) is 0 Å². The van der Waals surface area contributed by atoms with E-state index in [-0.39, 0.29) is 5.91 Å². The Hall–Kier alpha value is -2.66. The summed E-state index contributed by atoms with van der Waals surface area (Å²) in [4.78, 5) is 25.5. The topological polar surface area (TPSA) is 55.4 Å². The van der Waals surface area contributed by atoms with Gasteiger partial charge < -0.3 is 10.1 Å². The third-order valence-corrected chi connectivity index (χ3v) is 5.59. The number of ether oxygens (including phenoxy) is 1. The number of benzene rings is 2. The summed E-state index contributed by atoms with van der Waals surface area (Å²) >= 11 is 1.39. The van der Waals surface area contributed by atoms with Crippen LogP contribution in [-0.2, 0) is 9.53 Å². The molecule has 0 saturated heterocycles. The molecule has 1 aromatic heterocycles. The number of esters is 1. The molecule has 0 bridgehead atoms. The van der Waals surface area contributed by atoms with Crippen molar-refractivity contribution in [2.24, 2.45) is 0 Å². The van der Waals surface area contributed by atoms with E-state index >= 15 is 0 Å². The minimum absolute atomic E-state index is 0.342. The molecule has 0 spiro atoms. The second-order valence-corrected chi connectivity index (χ2v) is 7.46. The van der Waals surface area contributed by atoms with Gasteiger partial charge in [0.15, 0.2) is 6.10 Å². The fourth-order valence-electron chi connectivity index (χ4n) is 2.74. The number of fused-ring (bicyclic) bond motifs is 1. The van der Waals surface area contributed by atoms with E-state index in [2.05, 4.69) is 5.32 Å². The number of rotatable bonds is 4. The van der Waals surface area contributed by atoms with Crippen LogP contribution in [0.5, 0.6) is 0 Å². The van der Waals surface area contributed by atoms with E-state index in [0.29, 0.717) is 4.88 Å². The second-order valence-electron chi connectivity index (χ2n) is 6.41. The summed E-state index contributed by atoms with van der Waals surface area (Å²) in [7, 11) is 0. The number of hydrogen-bond acceptors (Lipinski definition) is 4. The van der Waals surface area contributed by atoms with Crippen LogP contribution >= 0.6 is 11.3 Å². The summed E-state index contributed by atoms with van der Waals surface area (Å²) < 4.78 is 6.44. The van der Waals surface area contributed by atoms with E-state index < -0.39 is 12.1 Å². The number of anilines is 1. The van der Waals surface area contributed by atoms with Gasteiger partial charge in [0.05, 0.1) is 0 Å². The van der Waals surface area contributed by atoms with Crippen molar-refractivity contribution in [3.8, 4) is 0 Å². The van der Waals surface area contributed by atoms with Crippen molar-refractivity contribution in [2.45, 2.75) is 33.8 Å². The summed E-state index contributed by atoms with van der Waals surface area (Å²) in [6.07, 6.45) is -0.882. The molecule has 2 aromatic carbocycles. The molecule has 0 saturated carbocycles. The zero-order valence-corrected chi connectivity index (χ0v) is 16.1. The molecule has 1 N–H and O–H groups in total. The Labute approximate surface area is 156 Å². The van der Waals surface area contributed by atoms with Crippen LogP contribution in [0.4, 0.5) is 5.69 Å². The maximum Gasteiger partial charge on any atom is 0.349 e. The van der Waals surface area contributed by atoms with Crippen molar-refractivity contribution in [3.63, 3.8) is 0 Å². The Morgan fingerprint density at radius 2 is 1.81 bits per heavy atom. The van der Waals surface area contributed by atoms with Crippen LogP contribution in [0.3, 0.4) is 0 Å². The molecule has 0 unspecified atom stereocenters. The third kappa shape index (κ3) is 3.63. The number of carbonyl (C=O) groups is 2. The Bertz CT molecular complexity index is 990. The van der Waals surface area contributed by atoms with Crippen molar-refractivity contribution < 1.29 is 14.3 Å². The first-order valence-electron chi connectivity index (χ1n) is 8.44. The molecule has 1 heterocycles. The van der Waals surface area contributed by atoms with E-state index in [1.54, 1.807) is 6.92 Å². The highest BCUT2D eigenvalue weighted by molar-refractivity contribution is 7.21. The molecule has 3 aromatic rings. The molecular weight excluding hydrogens is 346 g/mol. The maximum absolute atomic E-state index is 12.5. The van der Waals surface area contributed by atoms with Crippen LogP contribution in [0, 0.1) is 20.8 Å².